The minimum atomic E-state index is -0.636. The van der Waals surface area contributed by atoms with Crippen molar-refractivity contribution in [2.75, 3.05) is 20.8 Å². The summed E-state index contributed by atoms with van der Waals surface area (Å²) in [4.78, 5) is 44.2. The molecule has 0 atom stereocenters. The van der Waals surface area contributed by atoms with E-state index in [0.29, 0.717) is 27.8 Å². The van der Waals surface area contributed by atoms with Crippen LogP contribution in [0.3, 0.4) is 0 Å². The fraction of sp³-hybridized carbons (Fsp3) is 0.0714. The van der Waals surface area contributed by atoms with Crippen molar-refractivity contribution in [1.82, 2.24) is 4.98 Å². The van der Waals surface area contributed by atoms with Crippen LogP contribution >= 0.6 is 22.9 Å². The van der Waals surface area contributed by atoms with Gasteiger partial charge >= 0.3 is 0 Å². The number of hydrogen-bond acceptors (Lipinski definition) is 9. The molecule has 0 aliphatic carbocycles. The second-order valence-corrected chi connectivity index (χ2v) is 9.91. The van der Waals surface area contributed by atoms with Gasteiger partial charge in [0.25, 0.3) is 17.7 Å². The van der Waals surface area contributed by atoms with Gasteiger partial charge in [-0.3, -0.25) is 24.9 Å². The van der Waals surface area contributed by atoms with Crippen LogP contribution in [0.1, 0.15) is 22.8 Å². The summed E-state index contributed by atoms with van der Waals surface area (Å²) in [5, 5.41) is 27.2. The van der Waals surface area contributed by atoms with E-state index in [1.54, 1.807) is 47.8 Å². The number of carbonyl (C=O) groups excluding carboxylic acids is 3. The normalized spacial score (nSPS) is 13.2. The molecule has 3 N–H and O–H groups in total. The number of nitrogens with zero attached hydrogens (tertiary/aromatic N) is 3. The maximum absolute atomic E-state index is 13.1. The zero-order valence-electron chi connectivity index (χ0n) is 20.9. The van der Waals surface area contributed by atoms with E-state index in [1.807, 2.05) is 19.1 Å². The van der Waals surface area contributed by atoms with Crippen molar-refractivity contribution in [3.8, 4) is 11.3 Å². The van der Waals surface area contributed by atoms with Crippen molar-refractivity contribution >= 4 is 62.9 Å². The van der Waals surface area contributed by atoms with Gasteiger partial charge in [-0.05, 0) is 54.4 Å². The molecule has 10 nitrogen and oxygen atoms in total. The number of hydrogen-bond donors (Lipinski definition) is 3. The van der Waals surface area contributed by atoms with Gasteiger partial charge in [0, 0.05) is 22.2 Å². The number of aryl methyl sites for hydroxylation is 1. The van der Waals surface area contributed by atoms with Crippen molar-refractivity contribution in [3.63, 3.8) is 0 Å². The summed E-state index contributed by atoms with van der Waals surface area (Å²) in [5.74, 6) is -1.67. The fourth-order valence-electron chi connectivity index (χ4n) is 4.00. The molecule has 1 aliphatic rings. The number of benzene rings is 3. The van der Waals surface area contributed by atoms with E-state index in [9.17, 15) is 19.6 Å². The molecule has 5 rings (SSSR count). The molecule has 1 aliphatic heterocycles. The highest BCUT2D eigenvalue weighted by atomic mass is 35.5. The van der Waals surface area contributed by atoms with Crippen LogP contribution < -0.4 is 20.8 Å². The zero-order valence-corrected chi connectivity index (χ0v) is 22.5. The second-order valence-electron chi connectivity index (χ2n) is 8.67. The number of aromatic nitrogens is 1. The minimum absolute atomic E-state index is 0.0827. The third-order valence-corrected chi connectivity index (χ3v) is 7.24. The number of nitrogens with one attached hydrogen (secondary N) is 2. The van der Waals surface area contributed by atoms with Gasteiger partial charge in [-0.15, -0.1) is 11.3 Å². The molecule has 1 aromatic heterocycles. The van der Waals surface area contributed by atoms with Crippen LogP contribution in [0, 0.1) is 5.21 Å². The predicted molar refractivity (Wildman–Crippen MR) is 154 cm³/mol. The van der Waals surface area contributed by atoms with Gasteiger partial charge in [0.15, 0.2) is 5.13 Å². The molecule has 40 heavy (non-hydrogen) atoms. The first-order valence-corrected chi connectivity index (χ1v) is 13.3. The number of thiazole rings is 1. The van der Waals surface area contributed by atoms with E-state index in [4.69, 9.17) is 16.8 Å². The lowest BCUT2D eigenvalue weighted by Gasteiger charge is -2.21. The lowest BCUT2D eigenvalue weighted by atomic mass is 10.1. The third-order valence-electron chi connectivity index (χ3n) is 6.13. The molecule has 202 valence electrons. The summed E-state index contributed by atoms with van der Waals surface area (Å²) in [7, 11) is 0. The molecule has 0 saturated carbocycles. The molecule has 3 aromatic carbocycles. The van der Waals surface area contributed by atoms with Crippen molar-refractivity contribution in [1.29, 1.82) is 0 Å². The first-order valence-electron chi connectivity index (χ1n) is 12.0. The SMILES string of the molecule is CCc1ccc(N2C(=O)C(Cl)=C(Nc3cccc(C(=O)Nc4nc(-c5ccc(N([O-])O)cc5)cs4)c3)C2=O)cc1. The van der Waals surface area contributed by atoms with Gasteiger partial charge in [0.2, 0.25) is 0 Å². The van der Waals surface area contributed by atoms with E-state index < -0.39 is 17.7 Å². The highest BCUT2D eigenvalue weighted by molar-refractivity contribution is 7.14. The maximum Gasteiger partial charge on any atom is 0.283 e. The van der Waals surface area contributed by atoms with Crippen molar-refractivity contribution < 1.29 is 19.6 Å². The van der Waals surface area contributed by atoms with Crippen LogP contribution in [0.5, 0.6) is 0 Å². The molecule has 2 heterocycles. The highest BCUT2D eigenvalue weighted by Crippen LogP contribution is 2.31. The molecule has 0 unspecified atom stereocenters. The second kappa shape index (κ2) is 11.3. The molecule has 0 spiro atoms. The van der Waals surface area contributed by atoms with Crippen LogP contribution in [0.15, 0.2) is 88.9 Å². The Kier molecular flexibility index (Phi) is 7.63. The van der Waals surface area contributed by atoms with Crippen molar-refractivity contribution in [2.24, 2.45) is 0 Å². The molecule has 0 bridgehead atoms. The summed E-state index contributed by atoms with van der Waals surface area (Å²) in [5.41, 5.74) is 3.43. The summed E-state index contributed by atoms with van der Waals surface area (Å²) in [6.45, 7) is 2.01. The summed E-state index contributed by atoms with van der Waals surface area (Å²) < 4.78 is 0. The third kappa shape index (κ3) is 5.44. The van der Waals surface area contributed by atoms with Gasteiger partial charge in [0.1, 0.15) is 10.7 Å². The Morgan fingerprint density at radius 1 is 1.07 bits per heavy atom. The standard InChI is InChI=1S/C28H21ClN5O5S/c1-2-16-6-10-20(11-7-16)33-26(36)23(29)24(27(33)37)30-19-5-3-4-18(14-19)25(35)32-28-31-22(15-40-28)17-8-12-21(13-9-17)34(38)39/h3-15,30,38H,2H2,1H3,(H,31,32,35)/q-1. The van der Waals surface area contributed by atoms with Crippen LogP contribution in [0.2, 0.25) is 0 Å². The minimum Gasteiger partial charge on any atom is -0.733 e. The molecule has 0 radical (unpaired) electrons. The topological polar surface area (TPSA) is 138 Å². The number of imide groups is 1. The zero-order chi connectivity index (χ0) is 28.4. The van der Waals surface area contributed by atoms with Crippen LogP contribution in [0.25, 0.3) is 11.3 Å². The number of anilines is 4. The Hall–Kier alpha value is -4.55. The number of amides is 3. The van der Waals surface area contributed by atoms with Gasteiger partial charge in [-0.1, -0.05) is 48.9 Å². The number of carbonyl (C=O) groups is 3. The first kappa shape index (κ1) is 27.0. The van der Waals surface area contributed by atoms with Crippen molar-refractivity contribution in [3.05, 3.63) is 105 Å². The number of halogens is 1. The summed E-state index contributed by atoms with van der Waals surface area (Å²) >= 11 is 7.47. The molecule has 3 amide bonds. The van der Waals surface area contributed by atoms with Crippen LogP contribution in [-0.4, -0.2) is 27.9 Å². The van der Waals surface area contributed by atoms with E-state index in [1.165, 1.54) is 29.5 Å². The lowest BCUT2D eigenvalue weighted by Crippen LogP contribution is -2.32. The molecule has 12 heteroatoms. The smallest absolute Gasteiger partial charge is 0.283 e. The first-order chi connectivity index (χ1) is 19.2. The molecule has 0 saturated heterocycles. The summed E-state index contributed by atoms with van der Waals surface area (Å²) in [6.07, 6.45) is 0.823. The van der Waals surface area contributed by atoms with Crippen LogP contribution in [0.4, 0.5) is 22.2 Å². The van der Waals surface area contributed by atoms with Crippen LogP contribution in [-0.2, 0) is 16.0 Å². The van der Waals surface area contributed by atoms with Gasteiger partial charge in [-0.25, -0.2) is 9.88 Å². The van der Waals surface area contributed by atoms with Crippen molar-refractivity contribution in [2.45, 2.75) is 13.3 Å². The Morgan fingerprint density at radius 2 is 1.80 bits per heavy atom. The Balaban J connectivity index is 1.28. The molecular formula is C28H21ClN5O5S-. The van der Waals surface area contributed by atoms with E-state index in [-0.39, 0.29) is 27.2 Å². The quantitative estimate of drug-likeness (QED) is 0.178. The Bertz CT molecular complexity index is 1630. The average Bonchev–Trinajstić information content (AvgIpc) is 3.51. The monoisotopic (exact) mass is 574 g/mol. The maximum atomic E-state index is 13.1. The lowest BCUT2D eigenvalue weighted by molar-refractivity contribution is -0.120. The Morgan fingerprint density at radius 3 is 2.48 bits per heavy atom. The van der Waals surface area contributed by atoms with Gasteiger partial charge in [-0.2, -0.15) is 0 Å². The van der Waals surface area contributed by atoms with E-state index in [0.717, 1.165) is 16.9 Å². The molecule has 0 fully saturated rings. The highest BCUT2D eigenvalue weighted by Gasteiger charge is 2.39. The largest absolute Gasteiger partial charge is 0.733 e. The molecular weight excluding hydrogens is 554 g/mol. The number of rotatable bonds is 8. The van der Waals surface area contributed by atoms with E-state index in [2.05, 4.69) is 15.6 Å². The fourth-order valence-corrected chi connectivity index (χ4v) is 4.93. The van der Waals surface area contributed by atoms with E-state index >= 15 is 0 Å². The summed E-state index contributed by atoms with van der Waals surface area (Å²) in [6, 6.07) is 19.6. The van der Waals surface area contributed by atoms with Gasteiger partial charge < -0.3 is 15.8 Å². The Labute approximate surface area is 237 Å². The predicted octanol–water partition coefficient (Wildman–Crippen LogP) is 5.75. The average molecular weight is 575 g/mol. The molecule has 4 aromatic rings. The van der Waals surface area contributed by atoms with Gasteiger partial charge in [0.05, 0.1) is 17.1 Å².